The van der Waals surface area contributed by atoms with E-state index in [2.05, 4.69) is 62.9 Å². The molecule has 1 aromatic carbocycles. The molecule has 0 aliphatic heterocycles. The third-order valence-corrected chi connectivity index (χ3v) is 5.03. The molecule has 0 aromatic heterocycles. The van der Waals surface area contributed by atoms with Crippen LogP contribution in [0.2, 0.25) is 0 Å². The van der Waals surface area contributed by atoms with Crippen molar-refractivity contribution in [2.45, 2.75) is 19.0 Å². The number of hydrogen-bond acceptors (Lipinski definition) is 3. The van der Waals surface area contributed by atoms with Gasteiger partial charge in [0.25, 0.3) is 0 Å². The van der Waals surface area contributed by atoms with Gasteiger partial charge >= 0.3 is 0 Å². The second kappa shape index (κ2) is 7.60. The number of nitrogens with two attached hydrogens (primary N) is 1. The average molecular weight is 380 g/mol. The Morgan fingerprint density at radius 3 is 2.50 bits per heavy atom. The molecule has 0 radical (unpaired) electrons. The summed E-state index contributed by atoms with van der Waals surface area (Å²) in [4.78, 5) is 2.25. The van der Waals surface area contributed by atoms with E-state index in [0.29, 0.717) is 19.2 Å². The highest BCUT2D eigenvalue weighted by Crippen LogP contribution is 2.28. The lowest BCUT2D eigenvalue weighted by molar-refractivity contribution is 0.0910. The fraction of sp³-hybridized carbons (Fsp3) is 0.538. The molecule has 3 nitrogen and oxygen atoms in total. The van der Waals surface area contributed by atoms with Crippen molar-refractivity contribution >= 4 is 31.9 Å². The molecule has 2 atom stereocenters. The molecule has 0 saturated carbocycles. The predicted octanol–water partition coefficient (Wildman–Crippen LogP) is 3.18. The van der Waals surface area contributed by atoms with Crippen LogP contribution in [-0.4, -0.2) is 38.3 Å². The van der Waals surface area contributed by atoms with Crippen molar-refractivity contribution in [3.8, 4) is 0 Å². The van der Waals surface area contributed by atoms with Crippen molar-refractivity contribution < 1.29 is 4.74 Å². The highest BCUT2D eigenvalue weighted by Gasteiger charge is 2.20. The van der Waals surface area contributed by atoms with Crippen LogP contribution in [0, 0.1) is 0 Å². The molecule has 1 aromatic rings. The monoisotopic (exact) mass is 378 g/mol. The van der Waals surface area contributed by atoms with Crippen molar-refractivity contribution in [1.82, 2.24) is 4.90 Å². The van der Waals surface area contributed by atoms with Crippen LogP contribution in [0.25, 0.3) is 0 Å². The summed E-state index contributed by atoms with van der Waals surface area (Å²) in [5, 5.41) is 0. The molecular formula is C13H20Br2N2O. The molecule has 0 spiro atoms. The van der Waals surface area contributed by atoms with E-state index in [-0.39, 0.29) is 6.04 Å². The van der Waals surface area contributed by atoms with E-state index >= 15 is 0 Å². The molecule has 5 heteroatoms. The van der Waals surface area contributed by atoms with Gasteiger partial charge in [-0.3, -0.25) is 4.90 Å². The minimum Gasteiger partial charge on any atom is -0.383 e. The maximum atomic E-state index is 5.92. The molecule has 0 fully saturated rings. The Hall–Kier alpha value is 0.0600. The summed E-state index contributed by atoms with van der Waals surface area (Å²) in [6.07, 6.45) is 0. The topological polar surface area (TPSA) is 38.5 Å². The van der Waals surface area contributed by atoms with Gasteiger partial charge in [-0.1, -0.05) is 6.07 Å². The first-order valence-corrected chi connectivity index (χ1v) is 7.45. The van der Waals surface area contributed by atoms with Crippen LogP contribution in [0.5, 0.6) is 0 Å². The molecule has 0 aliphatic carbocycles. The third-order valence-electron chi connectivity index (χ3n) is 3.15. The third kappa shape index (κ3) is 4.03. The first kappa shape index (κ1) is 16.1. The van der Waals surface area contributed by atoms with Gasteiger partial charge in [0.15, 0.2) is 0 Å². The number of methoxy groups -OCH3 is 1. The quantitative estimate of drug-likeness (QED) is 0.824. The largest absolute Gasteiger partial charge is 0.383 e. The van der Waals surface area contributed by atoms with Gasteiger partial charge in [0.1, 0.15) is 0 Å². The summed E-state index contributed by atoms with van der Waals surface area (Å²) >= 11 is 7.01. The maximum absolute atomic E-state index is 5.92. The molecule has 102 valence electrons. The summed E-state index contributed by atoms with van der Waals surface area (Å²) < 4.78 is 7.30. The van der Waals surface area contributed by atoms with E-state index in [9.17, 15) is 0 Å². The van der Waals surface area contributed by atoms with Gasteiger partial charge in [-0.05, 0) is 63.5 Å². The number of nitrogens with zero attached hydrogens (tertiary/aromatic N) is 1. The van der Waals surface area contributed by atoms with E-state index in [1.807, 2.05) is 6.07 Å². The lowest BCUT2D eigenvalue weighted by atomic mass is 10.0. The molecule has 18 heavy (non-hydrogen) atoms. The van der Waals surface area contributed by atoms with Gasteiger partial charge < -0.3 is 10.5 Å². The van der Waals surface area contributed by atoms with Gasteiger partial charge in [0.05, 0.1) is 6.61 Å². The normalized spacial score (nSPS) is 14.8. The molecule has 0 aliphatic rings. The standard InChI is InChI=1S/C13H20Br2N2O/c1-9(8-18-3)17(2)13(7-16)10-4-5-11(14)12(15)6-10/h4-6,9,13H,7-8,16H2,1-3H3. The van der Waals surface area contributed by atoms with E-state index < -0.39 is 0 Å². The minimum absolute atomic E-state index is 0.194. The van der Waals surface area contributed by atoms with Crippen molar-refractivity contribution in [2.24, 2.45) is 5.73 Å². The van der Waals surface area contributed by atoms with Crippen LogP contribution in [0.3, 0.4) is 0 Å². The smallest absolute Gasteiger partial charge is 0.0615 e. The Kier molecular flexibility index (Phi) is 6.81. The van der Waals surface area contributed by atoms with Crippen LogP contribution in [-0.2, 0) is 4.74 Å². The van der Waals surface area contributed by atoms with Crippen LogP contribution < -0.4 is 5.73 Å². The molecule has 0 amide bonds. The van der Waals surface area contributed by atoms with Crippen molar-refractivity contribution in [2.75, 3.05) is 27.3 Å². The first-order chi connectivity index (χ1) is 8.51. The maximum Gasteiger partial charge on any atom is 0.0615 e. The first-order valence-electron chi connectivity index (χ1n) is 5.87. The second-order valence-corrected chi connectivity index (χ2v) is 6.10. The summed E-state index contributed by atoms with van der Waals surface area (Å²) in [6.45, 7) is 3.42. The van der Waals surface area contributed by atoms with Crippen LogP contribution in [0.1, 0.15) is 18.5 Å². The molecule has 0 bridgehead atoms. The Labute approximate surface area is 126 Å². The number of benzene rings is 1. The fourth-order valence-electron chi connectivity index (χ4n) is 1.92. The Morgan fingerprint density at radius 2 is 2.00 bits per heavy atom. The molecule has 0 heterocycles. The van der Waals surface area contributed by atoms with Crippen LogP contribution >= 0.6 is 31.9 Å². The number of halogens is 2. The summed E-state index contributed by atoms with van der Waals surface area (Å²) in [6, 6.07) is 6.77. The highest BCUT2D eigenvalue weighted by atomic mass is 79.9. The zero-order valence-corrected chi connectivity index (χ0v) is 14.2. The fourth-order valence-corrected chi connectivity index (χ4v) is 2.57. The number of rotatable bonds is 6. The van der Waals surface area contributed by atoms with E-state index in [0.717, 1.165) is 8.95 Å². The Morgan fingerprint density at radius 1 is 1.33 bits per heavy atom. The highest BCUT2D eigenvalue weighted by molar-refractivity contribution is 9.13. The second-order valence-electron chi connectivity index (χ2n) is 4.39. The van der Waals surface area contributed by atoms with Gasteiger partial charge in [-0.15, -0.1) is 0 Å². The average Bonchev–Trinajstić information content (AvgIpc) is 2.34. The Bertz CT molecular complexity index is 387. The Balaban J connectivity index is 2.91. The summed E-state index contributed by atoms with van der Waals surface area (Å²) in [5.41, 5.74) is 7.12. The van der Waals surface area contributed by atoms with E-state index in [1.54, 1.807) is 7.11 Å². The van der Waals surface area contributed by atoms with Gasteiger partial charge in [0, 0.05) is 34.7 Å². The van der Waals surface area contributed by atoms with Crippen molar-refractivity contribution in [3.05, 3.63) is 32.7 Å². The van der Waals surface area contributed by atoms with E-state index in [1.165, 1.54) is 5.56 Å². The molecular weight excluding hydrogens is 360 g/mol. The van der Waals surface area contributed by atoms with E-state index in [4.69, 9.17) is 10.5 Å². The number of likely N-dealkylation sites (N-methyl/N-ethyl adjacent to an activating group) is 1. The van der Waals surface area contributed by atoms with Crippen molar-refractivity contribution in [3.63, 3.8) is 0 Å². The molecule has 2 unspecified atom stereocenters. The SMILES string of the molecule is COCC(C)N(C)C(CN)c1ccc(Br)c(Br)c1. The molecule has 0 saturated heterocycles. The van der Waals surface area contributed by atoms with Crippen LogP contribution in [0.4, 0.5) is 0 Å². The minimum atomic E-state index is 0.194. The predicted molar refractivity (Wildman–Crippen MR) is 82.7 cm³/mol. The van der Waals surface area contributed by atoms with Crippen LogP contribution in [0.15, 0.2) is 27.1 Å². The zero-order chi connectivity index (χ0) is 13.7. The van der Waals surface area contributed by atoms with Gasteiger partial charge in [-0.25, -0.2) is 0 Å². The summed E-state index contributed by atoms with van der Waals surface area (Å²) in [7, 11) is 3.80. The molecule has 1 rings (SSSR count). The van der Waals surface area contributed by atoms with Gasteiger partial charge in [0.2, 0.25) is 0 Å². The summed E-state index contributed by atoms with van der Waals surface area (Å²) in [5.74, 6) is 0. The molecule has 2 N–H and O–H groups in total. The number of hydrogen-bond donors (Lipinski definition) is 1. The van der Waals surface area contributed by atoms with Gasteiger partial charge in [-0.2, -0.15) is 0 Å². The lowest BCUT2D eigenvalue weighted by Crippen LogP contribution is -2.39. The lowest BCUT2D eigenvalue weighted by Gasteiger charge is -2.32. The van der Waals surface area contributed by atoms with Crippen molar-refractivity contribution in [1.29, 1.82) is 0 Å². The number of ether oxygens (including phenoxy) is 1. The zero-order valence-electron chi connectivity index (χ0n) is 11.0.